The van der Waals surface area contributed by atoms with Gasteiger partial charge in [-0.25, -0.2) is 0 Å². The third-order valence-corrected chi connectivity index (χ3v) is 8.32. The lowest BCUT2D eigenvalue weighted by Crippen LogP contribution is -2.53. The van der Waals surface area contributed by atoms with Crippen LogP contribution in [0, 0.1) is 22.7 Å². The minimum atomic E-state index is -0.203. The number of phenolic OH excluding ortho intramolecular Hbond substituents is 1. The van der Waals surface area contributed by atoms with Crippen LogP contribution in [0.15, 0.2) is 18.2 Å². The minimum absolute atomic E-state index is 0.203. The van der Waals surface area contributed by atoms with Crippen molar-refractivity contribution in [3.8, 4) is 5.75 Å². The van der Waals surface area contributed by atoms with Gasteiger partial charge in [0.1, 0.15) is 5.75 Å². The molecule has 4 aliphatic rings. The van der Waals surface area contributed by atoms with E-state index in [1.165, 1.54) is 43.2 Å². The molecule has 0 aliphatic heterocycles. The number of hydrogen-bond donors (Lipinski definition) is 2. The van der Waals surface area contributed by atoms with Crippen LogP contribution >= 0.6 is 0 Å². The SMILES string of the molecule is C[C@]12CC(O)[C@@H]3c4ccc(O)cc4CC[C@H]3C13CCC2CC3. The highest BCUT2D eigenvalue weighted by Gasteiger charge is 2.68. The van der Waals surface area contributed by atoms with Gasteiger partial charge in [-0.3, -0.25) is 0 Å². The Bertz CT molecular complexity index is 629. The van der Waals surface area contributed by atoms with E-state index in [9.17, 15) is 10.2 Å². The maximum atomic E-state index is 11.0. The molecule has 4 aliphatic carbocycles. The molecule has 2 N–H and O–H groups in total. The summed E-state index contributed by atoms with van der Waals surface area (Å²) in [6.07, 6.45) is 8.58. The van der Waals surface area contributed by atoms with E-state index in [0.29, 0.717) is 28.4 Å². The van der Waals surface area contributed by atoms with Crippen LogP contribution in [0.2, 0.25) is 0 Å². The Labute approximate surface area is 132 Å². The summed E-state index contributed by atoms with van der Waals surface area (Å²) in [6.45, 7) is 2.49. The molecule has 0 aromatic heterocycles. The van der Waals surface area contributed by atoms with Gasteiger partial charge in [0.15, 0.2) is 0 Å². The highest BCUT2D eigenvalue weighted by Crippen LogP contribution is 2.76. The Morgan fingerprint density at radius 2 is 1.91 bits per heavy atom. The number of rotatable bonds is 0. The Hall–Kier alpha value is -1.02. The predicted molar refractivity (Wildman–Crippen MR) is 85.8 cm³/mol. The van der Waals surface area contributed by atoms with E-state index in [4.69, 9.17) is 0 Å². The van der Waals surface area contributed by atoms with Crippen molar-refractivity contribution in [3.05, 3.63) is 29.3 Å². The molecule has 0 heterocycles. The van der Waals surface area contributed by atoms with E-state index in [-0.39, 0.29) is 6.10 Å². The van der Waals surface area contributed by atoms with Crippen molar-refractivity contribution in [3.63, 3.8) is 0 Å². The largest absolute Gasteiger partial charge is 0.508 e. The maximum absolute atomic E-state index is 11.0. The van der Waals surface area contributed by atoms with E-state index >= 15 is 0 Å². The fourth-order valence-corrected chi connectivity index (χ4v) is 7.41. The van der Waals surface area contributed by atoms with Crippen LogP contribution < -0.4 is 0 Å². The third-order valence-electron chi connectivity index (χ3n) is 8.32. The molecule has 1 aromatic rings. The summed E-state index contributed by atoms with van der Waals surface area (Å²) < 4.78 is 0. The van der Waals surface area contributed by atoms with Gasteiger partial charge in [-0.1, -0.05) is 13.0 Å². The molecule has 3 fully saturated rings. The fraction of sp³-hybridized carbons (Fsp3) is 0.700. The van der Waals surface area contributed by atoms with Gasteiger partial charge in [0.05, 0.1) is 6.10 Å². The van der Waals surface area contributed by atoms with Gasteiger partial charge in [0.25, 0.3) is 0 Å². The first-order valence-electron chi connectivity index (χ1n) is 9.05. The molecule has 2 nitrogen and oxygen atoms in total. The van der Waals surface area contributed by atoms with Crippen molar-refractivity contribution in [2.45, 2.75) is 63.9 Å². The van der Waals surface area contributed by atoms with Crippen molar-refractivity contribution >= 4 is 0 Å². The molecule has 4 atom stereocenters. The average Bonchev–Trinajstić information content (AvgIpc) is 2.95. The first-order valence-corrected chi connectivity index (χ1v) is 9.05. The molecule has 22 heavy (non-hydrogen) atoms. The Morgan fingerprint density at radius 3 is 2.68 bits per heavy atom. The van der Waals surface area contributed by atoms with E-state index in [1.807, 2.05) is 12.1 Å². The molecule has 5 rings (SSSR count). The first-order chi connectivity index (χ1) is 10.6. The lowest BCUT2D eigenvalue weighted by atomic mass is 9.47. The molecule has 0 saturated heterocycles. The first kappa shape index (κ1) is 13.4. The average molecular weight is 298 g/mol. The van der Waals surface area contributed by atoms with E-state index in [2.05, 4.69) is 13.0 Å². The maximum Gasteiger partial charge on any atom is 0.115 e. The number of aryl methyl sites for hydroxylation is 1. The highest BCUT2D eigenvalue weighted by atomic mass is 16.3. The summed E-state index contributed by atoms with van der Waals surface area (Å²) in [4.78, 5) is 0. The number of hydrogen-bond acceptors (Lipinski definition) is 2. The number of benzene rings is 1. The Balaban J connectivity index is 1.65. The van der Waals surface area contributed by atoms with Crippen LogP contribution in [0.25, 0.3) is 0 Å². The smallest absolute Gasteiger partial charge is 0.115 e. The van der Waals surface area contributed by atoms with Crippen LogP contribution in [0.3, 0.4) is 0 Å². The molecule has 118 valence electrons. The topological polar surface area (TPSA) is 40.5 Å². The lowest BCUT2D eigenvalue weighted by Gasteiger charge is -2.57. The van der Waals surface area contributed by atoms with Crippen molar-refractivity contribution < 1.29 is 10.2 Å². The highest BCUT2D eigenvalue weighted by molar-refractivity contribution is 5.41. The summed E-state index contributed by atoms with van der Waals surface area (Å²) >= 11 is 0. The molecule has 0 spiro atoms. The molecule has 0 radical (unpaired) electrons. The molecular formula is C20H26O2. The van der Waals surface area contributed by atoms with Crippen LogP contribution in [0.4, 0.5) is 0 Å². The quantitative estimate of drug-likeness (QED) is 0.760. The van der Waals surface area contributed by atoms with Crippen molar-refractivity contribution in [2.75, 3.05) is 0 Å². The normalized spacial score (nSPS) is 48.6. The summed E-state index contributed by atoms with van der Waals surface area (Å²) in [5, 5.41) is 20.8. The summed E-state index contributed by atoms with van der Waals surface area (Å²) in [5.41, 5.74) is 3.46. The second kappa shape index (κ2) is 4.08. The van der Waals surface area contributed by atoms with Gasteiger partial charge in [0, 0.05) is 5.92 Å². The van der Waals surface area contributed by atoms with Crippen LogP contribution in [0.5, 0.6) is 5.75 Å². The monoisotopic (exact) mass is 298 g/mol. The number of aliphatic hydroxyl groups is 1. The fourth-order valence-electron chi connectivity index (χ4n) is 7.41. The summed E-state index contributed by atoms with van der Waals surface area (Å²) in [5.74, 6) is 2.16. The van der Waals surface area contributed by atoms with Crippen molar-refractivity contribution in [2.24, 2.45) is 22.7 Å². The number of phenols is 1. The van der Waals surface area contributed by atoms with Gasteiger partial charge in [-0.2, -0.15) is 0 Å². The lowest BCUT2D eigenvalue weighted by molar-refractivity contribution is -0.0958. The third kappa shape index (κ3) is 1.37. The zero-order valence-electron chi connectivity index (χ0n) is 13.4. The standard InChI is InChI=1S/C20H26O2/c1-19-11-17(22)18-15-4-3-14(21)10-12(15)2-5-16(18)20(19)8-6-13(19)7-9-20/h3-4,10,13,16-18,21-22H,2,5-9,11H2,1H3/t13?,16-,17?,18-,19-,20?/m1/s1. The van der Waals surface area contributed by atoms with Crippen LogP contribution in [-0.4, -0.2) is 16.3 Å². The van der Waals surface area contributed by atoms with Gasteiger partial charge in [-0.05, 0) is 90.9 Å². The molecule has 2 bridgehead atoms. The number of aliphatic hydroxyl groups excluding tert-OH is 1. The number of fused-ring (bicyclic) bond motifs is 3. The Kier molecular flexibility index (Phi) is 2.49. The second-order valence-electron chi connectivity index (χ2n) is 8.67. The van der Waals surface area contributed by atoms with Crippen molar-refractivity contribution in [1.29, 1.82) is 0 Å². The predicted octanol–water partition coefficient (Wildman–Crippen LogP) is 4.00. The Morgan fingerprint density at radius 1 is 1.14 bits per heavy atom. The van der Waals surface area contributed by atoms with Crippen LogP contribution in [-0.2, 0) is 6.42 Å². The van der Waals surface area contributed by atoms with E-state index < -0.39 is 0 Å². The van der Waals surface area contributed by atoms with Gasteiger partial charge < -0.3 is 10.2 Å². The van der Waals surface area contributed by atoms with Gasteiger partial charge in [0.2, 0.25) is 0 Å². The summed E-state index contributed by atoms with van der Waals surface area (Å²) in [6, 6.07) is 5.83. The van der Waals surface area contributed by atoms with Crippen molar-refractivity contribution in [1.82, 2.24) is 0 Å². The molecule has 3 saturated carbocycles. The van der Waals surface area contributed by atoms with Crippen LogP contribution in [0.1, 0.15) is 62.5 Å². The molecule has 1 unspecified atom stereocenters. The molecule has 1 aromatic carbocycles. The molecular weight excluding hydrogens is 272 g/mol. The number of aromatic hydroxyl groups is 1. The van der Waals surface area contributed by atoms with Gasteiger partial charge in [-0.15, -0.1) is 0 Å². The van der Waals surface area contributed by atoms with E-state index in [0.717, 1.165) is 18.8 Å². The minimum Gasteiger partial charge on any atom is -0.508 e. The second-order valence-corrected chi connectivity index (χ2v) is 8.67. The molecule has 2 heteroatoms. The molecule has 0 amide bonds. The van der Waals surface area contributed by atoms with E-state index in [1.54, 1.807) is 0 Å². The zero-order chi connectivity index (χ0) is 15.1. The van der Waals surface area contributed by atoms with Gasteiger partial charge >= 0.3 is 0 Å². The summed E-state index contributed by atoms with van der Waals surface area (Å²) in [7, 11) is 0. The zero-order valence-corrected chi connectivity index (χ0v) is 13.4.